The fraction of sp³-hybridized carbons (Fsp3) is 0.214. The minimum absolute atomic E-state index is 0.254. The van der Waals surface area contributed by atoms with Crippen molar-refractivity contribution < 1.29 is 12.7 Å². The number of hydrogen-bond acceptors (Lipinski definition) is 5. The van der Waals surface area contributed by atoms with E-state index in [0.29, 0.717) is 5.69 Å². The number of halogens is 1. The smallest absolute Gasteiger partial charge is 0.280 e. The molecule has 116 valence electrons. The molecule has 0 radical (unpaired) electrons. The minimum Gasteiger partial charge on any atom is -0.295 e. The van der Waals surface area contributed by atoms with Crippen LogP contribution in [0.3, 0.4) is 0 Å². The molecule has 1 aromatic carbocycles. The molecule has 2 aromatic rings. The van der Waals surface area contributed by atoms with Crippen molar-refractivity contribution in [2.75, 3.05) is 6.26 Å². The predicted molar refractivity (Wildman–Crippen MR) is 85.7 cm³/mol. The fourth-order valence-electron chi connectivity index (χ4n) is 1.93. The van der Waals surface area contributed by atoms with Gasteiger partial charge in [-0.3, -0.25) is 4.57 Å². The minimum atomic E-state index is -3.51. The molecule has 6 nitrogen and oxygen atoms in total. The van der Waals surface area contributed by atoms with Crippen LogP contribution in [0.1, 0.15) is 16.8 Å². The van der Waals surface area contributed by atoms with Crippen LogP contribution in [-0.2, 0) is 20.9 Å². The van der Waals surface area contributed by atoms with E-state index in [1.165, 1.54) is 0 Å². The Morgan fingerprint density at radius 3 is 2.55 bits per heavy atom. The summed E-state index contributed by atoms with van der Waals surface area (Å²) in [6.45, 7) is 2.17. The van der Waals surface area contributed by atoms with Gasteiger partial charge in [-0.1, -0.05) is 12.1 Å². The summed E-state index contributed by atoms with van der Waals surface area (Å²) in [7, 11) is -3.51. The highest BCUT2D eigenvalue weighted by Gasteiger charge is 2.11. The summed E-state index contributed by atoms with van der Waals surface area (Å²) in [6, 6.07) is 11.3. The van der Waals surface area contributed by atoms with Crippen LogP contribution in [0.5, 0.6) is 0 Å². The average molecular weight is 384 g/mol. The van der Waals surface area contributed by atoms with Gasteiger partial charge >= 0.3 is 0 Å². The van der Waals surface area contributed by atoms with Crippen LogP contribution in [0.15, 0.2) is 34.9 Å². The van der Waals surface area contributed by atoms with Crippen LogP contribution in [0.2, 0.25) is 0 Å². The van der Waals surface area contributed by atoms with Gasteiger partial charge in [0.2, 0.25) is 0 Å². The van der Waals surface area contributed by atoms with E-state index in [1.54, 1.807) is 10.6 Å². The topological polar surface area (TPSA) is 84.1 Å². The SMILES string of the molecule is Cc1cc(C#N)n(-c2ccc(CNOS(C)(=O)=O)cc2)c1Br. The first-order valence-electron chi connectivity index (χ1n) is 6.30. The highest BCUT2D eigenvalue weighted by atomic mass is 79.9. The van der Waals surface area contributed by atoms with Crippen LogP contribution < -0.4 is 5.48 Å². The van der Waals surface area contributed by atoms with Gasteiger partial charge in [0.05, 0.1) is 10.9 Å². The largest absolute Gasteiger partial charge is 0.295 e. The van der Waals surface area contributed by atoms with Crippen LogP contribution in [0.25, 0.3) is 5.69 Å². The van der Waals surface area contributed by atoms with Gasteiger partial charge in [-0.25, -0.2) is 0 Å². The van der Waals surface area contributed by atoms with Gasteiger partial charge in [0.25, 0.3) is 10.1 Å². The molecule has 1 N–H and O–H groups in total. The molecular weight excluding hydrogens is 370 g/mol. The lowest BCUT2D eigenvalue weighted by Crippen LogP contribution is -2.18. The second-order valence-electron chi connectivity index (χ2n) is 4.73. The summed E-state index contributed by atoms with van der Waals surface area (Å²) >= 11 is 3.47. The molecule has 0 amide bonds. The Hall–Kier alpha value is -1.66. The number of aryl methyl sites for hydroxylation is 1. The number of hydrogen-bond donors (Lipinski definition) is 1. The zero-order valence-electron chi connectivity index (χ0n) is 12.0. The number of nitriles is 1. The number of aromatic nitrogens is 1. The van der Waals surface area contributed by atoms with E-state index < -0.39 is 10.1 Å². The molecule has 0 aliphatic carbocycles. The first kappa shape index (κ1) is 16.7. The van der Waals surface area contributed by atoms with Crippen molar-refractivity contribution in [3.8, 4) is 11.8 Å². The van der Waals surface area contributed by atoms with E-state index in [4.69, 9.17) is 0 Å². The van der Waals surface area contributed by atoms with Crippen molar-refractivity contribution in [3.63, 3.8) is 0 Å². The van der Waals surface area contributed by atoms with E-state index in [0.717, 1.165) is 27.7 Å². The number of hydroxylamine groups is 1. The molecule has 0 saturated heterocycles. The Kier molecular flexibility index (Phi) is 5.03. The van der Waals surface area contributed by atoms with Crippen molar-refractivity contribution in [1.82, 2.24) is 10.0 Å². The van der Waals surface area contributed by atoms with Gasteiger partial charge < -0.3 is 0 Å². The first-order valence-corrected chi connectivity index (χ1v) is 8.91. The van der Waals surface area contributed by atoms with Gasteiger partial charge in [0.15, 0.2) is 0 Å². The highest BCUT2D eigenvalue weighted by molar-refractivity contribution is 9.10. The normalized spacial score (nSPS) is 11.4. The van der Waals surface area contributed by atoms with Crippen molar-refractivity contribution in [1.29, 1.82) is 5.26 Å². The third-order valence-electron chi connectivity index (χ3n) is 2.91. The van der Waals surface area contributed by atoms with Crippen LogP contribution in [0, 0.1) is 18.3 Å². The second kappa shape index (κ2) is 6.62. The van der Waals surface area contributed by atoms with Crippen LogP contribution in [0.4, 0.5) is 0 Å². The highest BCUT2D eigenvalue weighted by Crippen LogP contribution is 2.25. The zero-order valence-corrected chi connectivity index (χ0v) is 14.4. The molecule has 0 atom stereocenters. The molecule has 1 aromatic heterocycles. The fourth-order valence-corrected chi connectivity index (χ4v) is 2.71. The molecule has 2 rings (SSSR count). The second-order valence-corrected chi connectivity index (χ2v) is 7.05. The van der Waals surface area contributed by atoms with E-state index in [9.17, 15) is 13.7 Å². The maximum absolute atomic E-state index is 10.8. The van der Waals surface area contributed by atoms with Gasteiger partial charge in [-0.05, 0) is 52.2 Å². The molecule has 22 heavy (non-hydrogen) atoms. The number of nitrogens with one attached hydrogen (secondary N) is 1. The third-order valence-corrected chi connectivity index (χ3v) is 4.31. The lowest BCUT2D eigenvalue weighted by molar-refractivity contribution is 0.201. The van der Waals surface area contributed by atoms with Crippen molar-refractivity contribution in [2.24, 2.45) is 0 Å². The lowest BCUT2D eigenvalue weighted by Gasteiger charge is -2.09. The maximum atomic E-state index is 10.8. The Balaban J connectivity index is 2.18. The van der Waals surface area contributed by atoms with Crippen molar-refractivity contribution in [3.05, 3.63) is 51.8 Å². The molecule has 0 aliphatic rings. The monoisotopic (exact) mass is 383 g/mol. The number of rotatable bonds is 5. The third kappa shape index (κ3) is 3.96. The Morgan fingerprint density at radius 2 is 2.00 bits per heavy atom. The molecule has 0 spiro atoms. The van der Waals surface area contributed by atoms with E-state index >= 15 is 0 Å². The lowest BCUT2D eigenvalue weighted by atomic mass is 10.2. The van der Waals surface area contributed by atoms with Gasteiger partial charge in [0, 0.05) is 12.2 Å². The summed E-state index contributed by atoms with van der Waals surface area (Å²) in [5, 5.41) is 9.19. The number of nitrogens with zero attached hydrogens (tertiary/aromatic N) is 2. The van der Waals surface area contributed by atoms with Gasteiger partial charge in [-0.15, -0.1) is 0 Å². The summed E-state index contributed by atoms with van der Waals surface area (Å²) in [5.41, 5.74) is 5.59. The van der Waals surface area contributed by atoms with Gasteiger partial charge in [-0.2, -0.15) is 23.4 Å². The van der Waals surface area contributed by atoms with E-state index in [2.05, 4.69) is 31.8 Å². The maximum Gasteiger partial charge on any atom is 0.280 e. The summed E-state index contributed by atoms with van der Waals surface area (Å²) in [4.78, 5) is 0. The summed E-state index contributed by atoms with van der Waals surface area (Å²) in [5.74, 6) is 0. The molecule has 0 bridgehead atoms. The standard InChI is InChI=1S/C14H14BrN3O3S/c1-10-7-13(8-16)18(14(10)15)12-5-3-11(4-6-12)9-17-21-22(2,19)20/h3-7,17H,9H2,1-2H3. The predicted octanol–water partition coefficient (Wildman–Crippen LogP) is 2.40. The van der Waals surface area contributed by atoms with Crippen LogP contribution in [-0.4, -0.2) is 19.2 Å². The van der Waals surface area contributed by atoms with E-state index in [-0.39, 0.29) is 6.54 Å². The van der Waals surface area contributed by atoms with E-state index in [1.807, 2.05) is 31.2 Å². The molecule has 0 fully saturated rings. The zero-order chi connectivity index (χ0) is 16.3. The summed E-state index contributed by atoms with van der Waals surface area (Å²) in [6.07, 6.45) is 0.971. The van der Waals surface area contributed by atoms with Crippen LogP contribution >= 0.6 is 15.9 Å². The summed E-state index contributed by atoms with van der Waals surface area (Å²) < 4.78 is 28.8. The van der Waals surface area contributed by atoms with Gasteiger partial charge in [0.1, 0.15) is 11.8 Å². The van der Waals surface area contributed by atoms with Crippen molar-refractivity contribution in [2.45, 2.75) is 13.5 Å². The Morgan fingerprint density at radius 1 is 1.36 bits per heavy atom. The first-order chi connectivity index (χ1) is 10.3. The van der Waals surface area contributed by atoms with Crippen molar-refractivity contribution >= 4 is 26.0 Å². The molecule has 0 aliphatic heterocycles. The Labute approximate surface area is 137 Å². The number of benzene rings is 1. The molecule has 0 saturated carbocycles. The quantitative estimate of drug-likeness (QED) is 0.801. The molecular formula is C14H14BrN3O3S. The molecule has 8 heteroatoms. The average Bonchev–Trinajstić information content (AvgIpc) is 2.74. The molecule has 0 unspecified atom stereocenters. The Bertz CT molecular complexity index is 820. The molecule has 1 heterocycles.